The minimum absolute atomic E-state index is 0.739. The Bertz CT molecular complexity index is 892. The first kappa shape index (κ1) is 16.7. The molecular formula is C25H23NS. The number of hydrogen-bond acceptors (Lipinski definition) is 2. The summed E-state index contributed by atoms with van der Waals surface area (Å²) in [5.41, 5.74) is 6.49. The second-order valence-electron chi connectivity index (χ2n) is 7.32. The molecule has 0 N–H and O–H groups in total. The van der Waals surface area contributed by atoms with Crippen LogP contribution in [0.2, 0.25) is 0 Å². The van der Waals surface area contributed by atoms with Crippen molar-refractivity contribution in [2.24, 2.45) is 0 Å². The van der Waals surface area contributed by atoms with E-state index in [1.54, 1.807) is 5.57 Å². The molecule has 0 saturated carbocycles. The van der Waals surface area contributed by atoms with Crippen LogP contribution in [0.15, 0.2) is 91.0 Å². The van der Waals surface area contributed by atoms with Gasteiger partial charge in [0.2, 0.25) is 0 Å². The number of fused-ring (bicyclic) bond motifs is 2. The second-order valence-corrected chi connectivity index (χ2v) is 8.87. The molecule has 5 rings (SSSR count). The highest BCUT2D eigenvalue weighted by atomic mass is 32.2. The van der Waals surface area contributed by atoms with E-state index in [1.165, 1.54) is 41.9 Å². The summed E-state index contributed by atoms with van der Waals surface area (Å²) in [6.07, 6.45) is 6.47. The standard InChI is InChI=1S/C25H23NS/c1-3-7-21(8-4-1)26(22-9-5-2-6-10-22)23-13-11-19(12-14-23)20-17-24-15-16-25(18-20)27-24/h1-14,17,24-25H,15-16,18H2. The molecule has 2 unspecified atom stereocenters. The van der Waals surface area contributed by atoms with Crippen molar-refractivity contribution < 1.29 is 0 Å². The number of rotatable bonds is 4. The van der Waals surface area contributed by atoms with Gasteiger partial charge in [0.05, 0.1) is 0 Å². The lowest BCUT2D eigenvalue weighted by atomic mass is 10.00. The zero-order valence-electron chi connectivity index (χ0n) is 15.3. The molecule has 3 aromatic carbocycles. The van der Waals surface area contributed by atoms with Gasteiger partial charge in [-0.05, 0) is 66.8 Å². The number of nitrogens with zero attached hydrogens (tertiary/aromatic N) is 1. The van der Waals surface area contributed by atoms with Gasteiger partial charge in [-0.15, -0.1) is 0 Å². The van der Waals surface area contributed by atoms with Crippen molar-refractivity contribution in [1.82, 2.24) is 0 Å². The normalized spacial score (nSPS) is 21.0. The highest BCUT2D eigenvalue weighted by Gasteiger charge is 2.29. The van der Waals surface area contributed by atoms with Gasteiger partial charge in [0.15, 0.2) is 0 Å². The second kappa shape index (κ2) is 7.28. The first-order chi connectivity index (χ1) is 13.4. The molecule has 1 fully saturated rings. The number of para-hydroxylation sites is 2. The van der Waals surface area contributed by atoms with Gasteiger partial charge < -0.3 is 4.90 Å². The number of anilines is 3. The Balaban J connectivity index is 1.50. The summed E-state index contributed by atoms with van der Waals surface area (Å²) in [7, 11) is 0. The van der Waals surface area contributed by atoms with Gasteiger partial charge in [-0.1, -0.05) is 54.6 Å². The largest absolute Gasteiger partial charge is 0.311 e. The molecule has 2 heterocycles. The SMILES string of the molecule is C1=C(c2ccc(N(c3ccccc3)c3ccccc3)cc2)CC2CCC1S2. The molecule has 0 radical (unpaired) electrons. The van der Waals surface area contributed by atoms with Crippen LogP contribution in [0, 0.1) is 0 Å². The van der Waals surface area contributed by atoms with Crippen molar-refractivity contribution in [3.8, 4) is 0 Å². The molecule has 0 amide bonds. The lowest BCUT2D eigenvalue weighted by Gasteiger charge is -2.26. The van der Waals surface area contributed by atoms with Gasteiger partial charge in [0.25, 0.3) is 0 Å². The molecule has 0 aromatic heterocycles. The molecule has 2 heteroatoms. The molecule has 2 bridgehead atoms. The van der Waals surface area contributed by atoms with Crippen LogP contribution in [0.4, 0.5) is 17.1 Å². The summed E-state index contributed by atoms with van der Waals surface area (Å²) in [6, 6.07) is 30.3. The summed E-state index contributed by atoms with van der Waals surface area (Å²) in [4.78, 5) is 2.32. The summed E-state index contributed by atoms with van der Waals surface area (Å²) in [5, 5.41) is 1.57. The molecule has 0 spiro atoms. The van der Waals surface area contributed by atoms with Gasteiger partial charge >= 0.3 is 0 Å². The maximum Gasteiger partial charge on any atom is 0.0462 e. The number of benzene rings is 3. The predicted octanol–water partition coefficient (Wildman–Crippen LogP) is 7.21. The molecule has 1 nitrogen and oxygen atoms in total. The fourth-order valence-corrected chi connectivity index (χ4v) is 5.74. The maximum absolute atomic E-state index is 2.51. The van der Waals surface area contributed by atoms with Gasteiger partial charge in [-0.25, -0.2) is 0 Å². The zero-order chi connectivity index (χ0) is 18.1. The van der Waals surface area contributed by atoms with Gasteiger partial charge in [-0.3, -0.25) is 0 Å². The topological polar surface area (TPSA) is 3.24 Å². The van der Waals surface area contributed by atoms with E-state index < -0.39 is 0 Å². The lowest BCUT2D eigenvalue weighted by Crippen LogP contribution is -2.10. The number of allylic oxidation sites excluding steroid dienone is 1. The van der Waals surface area contributed by atoms with Crippen LogP contribution in [0.1, 0.15) is 24.8 Å². The maximum atomic E-state index is 2.51. The third-order valence-electron chi connectivity index (χ3n) is 5.50. The first-order valence-electron chi connectivity index (χ1n) is 9.74. The Morgan fingerprint density at radius 3 is 1.85 bits per heavy atom. The quantitative estimate of drug-likeness (QED) is 0.478. The predicted molar refractivity (Wildman–Crippen MR) is 118 cm³/mol. The van der Waals surface area contributed by atoms with Crippen LogP contribution >= 0.6 is 11.8 Å². The van der Waals surface area contributed by atoms with Crippen LogP contribution < -0.4 is 4.90 Å². The summed E-state index contributed by atoms with van der Waals surface area (Å²) in [5.74, 6) is 0. The minimum Gasteiger partial charge on any atom is -0.311 e. The molecule has 2 aliphatic rings. The van der Waals surface area contributed by atoms with E-state index in [4.69, 9.17) is 0 Å². The van der Waals surface area contributed by atoms with E-state index in [0.717, 1.165) is 10.5 Å². The summed E-state index contributed by atoms with van der Waals surface area (Å²) in [6.45, 7) is 0. The third kappa shape index (κ3) is 3.42. The molecule has 2 atom stereocenters. The van der Waals surface area contributed by atoms with Crippen LogP contribution in [0.5, 0.6) is 0 Å². The van der Waals surface area contributed by atoms with Crippen LogP contribution in [0.3, 0.4) is 0 Å². The van der Waals surface area contributed by atoms with Crippen molar-refractivity contribution in [2.75, 3.05) is 4.90 Å². The van der Waals surface area contributed by atoms with Crippen LogP contribution in [-0.2, 0) is 0 Å². The van der Waals surface area contributed by atoms with Crippen molar-refractivity contribution in [3.05, 3.63) is 96.6 Å². The summed E-state index contributed by atoms with van der Waals surface area (Å²) < 4.78 is 0. The molecule has 134 valence electrons. The Morgan fingerprint density at radius 2 is 1.26 bits per heavy atom. The lowest BCUT2D eigenvalue weighted by molar-refractivity contribution is 0.790. The van der Waals surface area contributed by atoms with Crippen molar-refractivity contribution in [2.45, 2.75) is 29.8 Å². The Labute approximate surface area is 165 Å². The fraction of sp³-hybridized carbons (Fsp3) is 0.200. The third-order valence-corrected chi connectivity index (χ3v) is 7.01. The number of hydrogen-bond donors (Lipinski definition) is 0. The van der Waals surface area contributed by atoms with Gasteiger partial charge in [0.1, 0.15) is 0 Å². The molecule has 3 aromatic rings. The Morgan fingerprint density at radius 1 is 0.667 bits per heavy atom. The monoisotopic (exact) mass is 369 g/mol. The van der Waals surface area contributed by atoms with Crippen molar-refractivity contribution in [3.63, 3.8) is 0 Å². The first-order valence-corrected chi connectivity index (χ1v) is 10.7. The number of thioether (sulfide) groups is 1. The van der Waals surface area contributed by atoms with E-state index >= 15 is 0 Å². The molecular weight excluding hydrogens is 346 g/mol. The molecule has 0 aliphatic carbocycles. The van der Waals surface area contributed by atoms with Crippen LogP contribution in [0.25, 0.3) is 5.57 Å². The average molecular weight is 370 g/mol. The van der Waals surface area contributed by atoms with E-state index in [2.05, 4.69) is 108 Å². The van der Waals surface area contributed by atoms with Crippen molar-refractivity contribution in [1.29, 1.82) is 0 Å². The average Bonchev–Trinajstić information content (AvgIpc) is 3.08. The van der Waals surface area contributed by atoms with Crippen molar-refractivity contribution >= 4 is 34.4 Å². The smallest absolute Gasteiger partial charge is 0.0462 e. The Kier molecular flexibility index (Phi) is 4.51. The molecule has 27 heavy (non-hydrogen) atoms. The van der Waals surface area contributed by atoms with E-state index in [9.17, 15) is 0 Å². The zero-order valence-corrected chi connectivity index (χ0v) is 16.1. The van der Waals surface area contributed by atoms with Crippen LogP contribution in [-0.4, -0.2) is 10.5 Å². The van der Waals surface area contributed by atoms with E-state index in [1.807, 2.05) is 0 Å². The van der Waals surface area contributed by atoms with Gasteiger partial charge in [-0.2, -0.15) is 11.8 Å². The summed E-state index contributed by atoms with van der Waals surface area (Å²) >= 11 is 2.17. The van der Waals surface area contributed by atoms with E-state index in [0.29, 0.717) is 0 Å². The van der Waals surface area contributed by atoms with Gasteiger partial charge in [0, 0.05) is 27.6 Å². The molecule has 2 aliphatic heterocycles. The minimum atomic E-state index is 0.739. The Hall–Kier alpha value is -2.45. The highest BCUT2D eigenvalue weighted by Crippen LogP contribution is 2.45. The fourth-order valence-electron chi connectivity index (χ4n) is 4.18. The molecule has 1 saturated heterocycles. The van der Waals surface area contributed by atoms with E-state index in [-0.39, 0.29) is 0 Å². The highest BCUT2D eigenvalue weighted by molar-refractivity contribution is 8.01.